The lowest BCUT2D eigenvalue weighted by molar-refractivity contribution is -0.688. The van der Waals surface area contributed by atoms with Gasteiger partial charge < -0.3 is 0 Å². The Balaban J connectivity index is 2.09. The molecule has 0 N–H and O–H groups in total. The summed E-state index contributed by atoms with van der Waals surface area (Å²) in [6, 6.07) is 15.5. The van der Waals surface area contributed by atoms with Crippen molar-refractivity contribution in [3.05, 3.63) is 66.0 Å². The molecule has 1 aromatic carbocycles. The van der Waals surface area contributed by atoms with Crippen molar-refractivity contribution in [1.29, 1.82) is 5.26 Å². The van der Waals surface area contributed by atoms with E-state index in [1.54, 1.807) is 12.1 Å². The molecular formula is C15H13N2O+. The molecule has 2 rings (SSSR count). The van der Waals surface area contributed by atoms with Gasteiger partial charge in [-0.15, -0.1) is 0 Å². The molecule has 0 unspecified atom stereocenters. The first-order valence-corrected chi connectivity index (χ1v) is 5.73. The van der Waals surface area contributed by atoms with Crippen molar-refractivity contribution >= 4 is 5.78 Å². The Bertz CT molecular complexity index is 568. The van der Waals surface area contributed by atoms with E-state index in [1.807, 2.05) is 41.2 Å². The highest BCUT2D eigenvalue weighted by atomic mass is 16.1. The van der Waals surface area contributed by atoms with E-state index in [1.165, 1.54) is 5.56 Å². The molecule has 0 bridgehead atoms. The summed E-state index contributed by atoms with van der Waals surface area (Å²) < 4.78 is 2.00. The minimum atomic E-state index is -0.135. The normalized spacial score (nSPS) is 9.72. The molecule has 88 valence electrons. The van der Waals surface area contributed by atoms with Gasteiger partial charge in [0, 0.05) is 23.3 Å². The highest BCUT2D eigenvalue weighted by Crippen LogP contribution is 2.01. The molecule has 3 heteroatoms. The van der Waals surface area contributed by atoms with Crippen LogP contribution in [0.2, 0.25) is 0 Å². The summed E-state index contributed by atoms with van der Waals surface area (Å²) in [6.07, 6.45) is 3.65. The fourth-order valence-corrected chi connectivity index (χ4v) is 1.72. The highest BCUT2D eigenvalue weighted by molar-refractivity contribution is 5.97. The quantitative estimate of drug-likeness (QED) is 0.604. The lowest BCUT2D eigenvalue weighted by atomic mass is 10.1. The van der Waals surface area contributed by atoms with E-state index in [0.717, 1.165) is 6.54 Å². The van der Waals surface area contributed by atoms with Crippen LogP contribution in [0.5, 0.6) is 0 Å². The average molecular weight is 237 g/mol. The number of aromatic nitrogens is 1. The minimum absolute atomic E-state index is 0.0668. The summed E-state index contributed by atoms with van der Waals surface area (Å²) in [5.74, 6) is -0.135. The standard InChI is InChI=1S/C15H13N2O/c16-9-6-15(18)14-7-10-17(11-8-14)12-13-4-2-1-3-5-13/h1-5,7-8,10-11H,6,12H2/q+1. The molecule has 0 radical (unpaired) electrons. The molecule has 18 heavy (non-hydrogen) atoms. The van der Waals surface area contributed by atoms with Crippen LogP contribution >= 0.6 is 0 Å². The number of Topliss-reactive ketones (excluding diaryl/α,β-unsaturated/α-hetero) is 1. The molecule has 0 fully saturated rings. The summed E-state index contributed by atoms with van der Waals surface area (Å²) in [6.45, 7) is 0.771. The Morgan fingerprint density at radius 2 is 1.78 bits per heavy atom. The first-order valence-electron chi connectivity index (χ1n) is 5.73. The SMILES string of the molecule is N#CCC(=O)c1cc[n+](Cc2ccccc2)cc1. The van der Waals surface area contributed by atoms with Gasteiger partial charge >= 0.3 is 0 Å². The summed E-state index contributed by atoms with van der Waals surface area (Å²) in [7, 11) is 0. The molecule has 0 saturated carbocycles. The van der Waals surface area contributed by atoms with E-state index in [0.29, 0.717) is 5.56 Å². The zero-order chi connectivity index (χ0) is 12.8. The maximum atomic E-state index is 11.5. The number of hydrogen-bond donors (Lipinski definition) is 0. The van der Waals surface area contributed by atoms with E-state index in [-0.39, 0.29) is 12.2 Å². The van der Waals surface area contributed by atoms with Crippen LogP contribution in [0.3, 0.4) is 0 Å². The van der Waals surface area contributed by atoms with Gasteiger partial charge in [0.15, 0.2) is 24.7 Å². The van der Waals surface area contributed by atoms with Crippen LogP contribution in [0.25, 0.3) is 0 Å². The Morgan fingerprint density at radius 1 is 1.11 bits per heavy atom. The first kappa shape index (κ1) is 12.0. The Labute approximate surface area is 106 Å². The smallest absolute Gasteiger partial charge is 0.177 e. The predicted molar refractivity (Wildman–Crippen MR) is 66.7 cm³/mol. The molecule has 1 aromatic heterocycles. The maximum absolute atomic E-state index is 11.5. The number of pyridine rings is 1. The summed E-state index contributed by atoms with van der Waals surface area (Å²) in [4.78, 5) is 11.5. The lowest BCUT2D eigenvalue weighted by Gasteiger charge is -1.98. The fraction of sp³-hybridized carbons (Fsp3) is 0.133. The van der Waals surface area contributed by atoms with Crippen molar-refractivity contribution in [3.8, 4) is 6.07 Å². The number of benzene rings is 1. The lowest BCUT2D eigenvalue weighted by Crippen LogP contribution is -2.33. The molecule has 0 atom stereocenters. The monoisotopic (exact) mass is 237 g/mol. The second-order valence-corrected chi connectivity index (χ2v) is 4.00. The predicted octanol–water partition coefficient (Wildman–Crippen LogP) is 2.12. The van der Waals surface area contributed by atoms with Crippen molar-refractivity contribution in [1.82, 2.24) is 0 Å². The molecular weight excluding hydrogens is 224 g/mol. The number of rotatable bonds is 4. The third-order valence-electron chi connectivity index (χ3n) is 2.66. The Hall–Kier alpha value is -2.47. The molecule has 0 aliphatic rings. The second-order valence-electron chi connectivity index (χ2n) is 4.00. The van der Waals surface area contributed by atoms with E-state index >= 15 is 0 Å². The van der Waals surface area contributed by atoms with Crippen molar-refractivity contribution in [2.75, 3.05) is 0 Å². The third kappa shape index (κ3) is 3.02. The topological polar surface area (TPSA) is 44.7 Å². The summed E-state index contributed by atoms with van der Waals surface area (Å²) in [5.41, 5.74) is 1.79. The van der Waals surface area contributed by atoms with Gasteiger partial charge in [-0.05, 0) is 0 Å². The Kier molecular flexibility index (Phi) is 3.83. The van der Waals surface area contributed by atoms with Gasteiger partial charge in [0.1, 0.15) is 0 Å². The van der Waals surface area contributed by atoms with Crippen LogP contribution in [-0.4, -0.2) is 5.78 Å². The van der Waals surface area contributed by atoms with E-state index in [2.05, 4.69) is 12.1 Å². The van der Waals surface area contributed by atoms with Crippen molar-refractivity contribution < 1.29 is 9.36 Å². The molecule has 1 heterocycles. The van der Waals surface area contributed by atoms with Crippen molar-refractivity contribution in [2.45, 2.75) is 13.0 Å². The van der Waals surface area contributed by atoms with Gasteiger partial charge in [0.25, 0.3) is 0 Å². The van der Waals surface area contributed by atoms with Crippen molar-refractivity contribution in [2.24, 2.45) is 0 Å². The zero-order valence-electron chi connectivity index (χ0n) is 9.91. The van der Waals surface area contributed by atoms with Gasteiger partial charge in [0.05, 0.1) is 12.5 Å². The van der Waals surface area contributed by atoms with Gasteiger partial charge in [0.2, 0.25) is 0 Å². The number of hydrogen-bond acceptors (Lipinski definition) is 2. The van der Waals surface area contributed by atoms with Gasteiger partial charge in [-0.1, -0.05) is 30.3 Å². The van der Waals surface area contributed by atoms with Crippen LogP contribution in [0, 0.1) is 11.3 Å². The zero-order valence-corrected chi connectivity index (χ0v) is 9.91. The number of nitrogens with zero attached hydrogens (tertiary/aromatic N) is 2. The van der Waals surface area contributed by atoms with Gasteiger partial charge in [-0.2, -0.15) is 5.26 Å². The van der Waals surface area contributed by atoms with Gasteiger partial charge in [-0.25, -0.2) is 4.57 Å². The van der Waals surface area contributed by atoms with E-state index in [9.17, 15) is 4.79 Å². The van der Waals surface area contributed by atoms with Crippen LogP contribution in [0.4, 0.5) is 0 Å². The maximum Gasteiger partial charge on any atom is 0.177 e. The summed E-state index contributed by atoms with van der Waals surface area (Å²) in [5, 5.41) is 8.47. The molecule has 0 saturated heterocycles. The highest BCUT2D eigenvalue weighted by Gasteiger charge is 2.08. The Morgan fingerprint density at radius 3 is 2.39 bits per heavy atom. The average Bonchev–Trinajstić information content (AvgIpc) is 2.41. The number of ketones is 1. The van der Waals surface area contributed by atoms with Crippen LogP contribution in [-0.2, 0) is 6.54 Å². The number of carbonyl (C=O) groups excluding carboxylic acids is 1. The fourth-order valence-electron chi connectivity index (χ4n) is 1.72. The number of carbonyl (C=O) groups is 1. The molecule has 0 amide bonds. The van der Waals surface area contributed by atoms with Crippen LogP contribution in [0.1, 0.15) is 22.3 Å². The van der Waals surface area contributed by atoms with Crippen LogP contribution < -0.4 is 4.57 Å². The van der Waals surface area contributed by atoms with E-state index in [4.69, 9.17) is 5.26 Å². The molecule has 0 aliphatic carbocycles. The number of nitriles is 1. The molecule has 3 nitrogen and oxygen atoms in total. The molecule has 2 aromatic rings. The largest absolute Gasteiger partial charge is 0.293 e. The minimum Gasteiger partial charge on any atom is -0.293 e. The van der Waals surface area contributed by atoms with E-state index < -0.39 is 0 Å². The molecule has 0 aliphatic heterocycles. The third-order valence-corrected chi connectivity index (χ3v) is 2.66. The first-order chi connectivity index (χ1) is 8.79. The second kappa shape index (κ2) is 5.74. The van der Waals surface area contributed by atoms with Gasteiger partial charge in [-0.3, -0.25) is 4.79 Å². The summed E-state index contributed by atoms with van der Waals surface area (Å²) >= 11 is 0. The van der Waals surface area contributed by atoms with Crippen LogP contribution in [0.15, 0.2) is 54.9 Å². The molecule has 0 spiro atoms. The van der Waals surface area contributed by atoms with Crippen molar-refractivity contribution in [3.63, 3.8) is 0 Å².